The molecule has 1 aromatic heterocycles. The fourth-order valence-electron chi connectivity index (χ4n) is 0.827. The highest BCUT2D eigenvalue weighted by Gasteiger charge is 2.21. The van der Waals surface area contributed by atoms with Crippen LogP contribution in [-0.2, 0) is 0 Å². The molecule has 0 fully saturated rings. The van der Waals surface area contributed by atoms with Gasteiger partial charge in [0, 0.05) is 6.07 Å². The molecule has 0 aliphatic rings. The van der Waals surface area contributed by atoms with Crippen LogP contribution in [0.25, 0.3) is 0 Å². The van der Waals surface area contributed by atoms with E-state index in [4.69, 9.17) is 0 Å². The topological polar surface area (TPSA) is 22.1 Å². The van der Waals surface area contributed by atoms with Crippen molar-refractivity contribution in [1.82, 2.24) is 4.98 Å². The van der Waals surface area contributed by atoms with Gasteiger partial charge in [-0.15, -0.1) is 0 Å². The zero-order chi connectivity index (χ0) is 10.0. The van der Waals surface area contributed by atoms with E-state index in [-0.39, 0.29) is 9.58 Å². The molecule has 0 radical (unpaired) electrons. The summed E-state index contributed by atoms with van der Waals surface area (Å²) in [5.41, 5.74) is -0.789. The zero-order valence-electron chi connectivity index (χ0n) is 6.52. The van der Waals surface area contributed by atoms with Crippen LogP contribution in [0.2, 0.25) is 0 Å². The van der Waals surface area contributed by atoms with Crippen molar-refractivity contribution in [3.8, 4) is 5.88 Å². The molecule has 0 N–H and O–H groups in total. The average molecular weight is 303 g/mol. The summed E-state index contributed by atoms with van der Waals surface area (Å²) in [4.78, 5) is 3.62. The Bertz CT molecular complexity index is 319. The first-order valence-corrected chi connectivity index (χ1v) is 4.32. The molecular formula is C7H5F3INO. The van der Waals surface area contributed by atoms with Crippen LogP contribution in [0.3, 0.4) is 0 Å². The van der Waals surface area contributed by atoms with Crippen molar-refractivity contribution in [3.05, 3.63) is 21.1 Å². The molecule has 6 heteroatoms. The number of pyridine rings is 1. The van der Waals surface area contributed by atoms with Gasteiger partial charge >= 0.3 is 0 Å². The SMILES string of the molecule is COc1nc(I)cc(F)c1C(F)F. The fourth-order valence-corrected chi connectivity index (χ4v) is 1.32. The van der Waals surface area contributed by atoms with Crippen molar-refractivity contribution in [2.75, 3.05) is 7.11 Å². The highest BCUT2D eigenvalue weighted by atomic mass is 127. The average Bonchev–Trinajstić information content (AvgIpc) is 2.01. The highest BCUT2D eigenvalue weighted by molar-refractivity contribution is 14.1. The number of halogens is 4. The number of alkyl halides is 2. The fraction of sp³-hybridized carbons (Fsp3) is 0.286. The first kappa shape index (κ1) is 10.6. The molecule has 0 aliphatic carbocycles. The molecule has 72 valence electrons. The summed E-state index contributed by atoms with van der Waals surface area (Å²) in [6.07, 6.45) is -2.92. The first-order chi connectivity index (χ1) is 6.06. The van der Waals surface area contributed by atoms with Gasteiger partial charge in [0.2, 0.25) is 5.88 Å². The summed E-state index contributed by atoms with van der Waals surface area (Å²) < 4.78 is 42.2. The third-order valence-corrected chi connectivity index (χ3v) is 1.91. The minimum absolute atomic E-state index is 0.274. The lowest BCUT2D eigenvalue weighted by atomic mass is 10.2. The van der Waals surface area contributed by atoms with Crippen LogP contribution in [0.1, 0.15) is 12.0 Å². The molecule has 1 rings (SSSR count). The van der Waals surface area contributed by atoms with Gasteiger partial charge in [0.15, 0.2) is 0 Å². The van der Waals surface area contributed by atoms with Crippen molar-refractivity contribution < 1.29 is 17.9 Å². The number of hydrogen-bond acceptors (Lipinski definition) is 2. The van der Waals surface area contributed by atoms with Crippen LogP contribution in [0.4, 0.5) is 13.2 Å². The van der Waals surface area contributed by atoms with Gasteiger partial charge in [-0.2, -0.15) is 0 Å². The Kier molecular flexibility index (Phi) is 3.34. The predicted octanol–water partition coefficient (Wildman–Crippen LogP) is 2.77. The van der Waals surface area contributed by atoms with Gasteiger partial charge in [-0.05, 0) is 22.6 Å². The molecular weight excluding hydrogens is 298 g/mol. The molecule has 0 saturated carbocycles. The van der Waals surface area contributed by atoms with Crippen LogP contribution < -0.4 is 4.74 Å². The maximum Gasteiger partial charge on any atom is 0.271 e. The molecule has 2 nitrogen and oxygen atoms in total. The summed E-state index contributed by atoms with van der Waals surface area (Å²) >= 11 is 1.72. The number of rotatable bonds is 2. The van der Waals surface area contributed by atoms with E-state index < -0.39 is 17.8 Å². The predicted molar refractivity (Wildman–Crippen MR) is 48.4 cm³/mol. The maximum absolute atomic E-state index is 12.9. The molecule has 0 saturated heterocycles. The summed E-state index contributed by atoms with van der Waals surface area (Å²) in [6, 6.07) is 0.935. The van der Waals surface area contributed by atoms with Gasteiger partial charge in [0.25, 0.3) is 6.43 Å². The van der Waals surface area contributed by atoms with Crippen LogP contribution in [-0.4, -0.2) is 12.1 Å². The van der Waals surface area contributed by atoms with E-state index in [9.17, 15) is 13.2 Å². The zero-order valence-corrected chi connectivity index (χ0v) is 8.68. The summed E-state index contributed by atoms with van der Waals surface area (Å²) in [5, 5.41) is 0. The lowest BCUT2D eigenvalue weighted by molar-refractivity contribution is 0.140. The largest absolute Gasteiger partial charge is 0.481 e. The standard InChI is InChI=1S/C7H5F3INO/c1-13-7-5(6(9)10)3(8)2-4(11)12-7/h2,6H,1H3. The molecule has 0 amide bonds. The summed E-state index contributed by atoms with van der Waals surface area (Å²) in [7, 11) is 1.17. The Balaban J connectivity index is 3.30. The number of nitrogens with zero attached hydrogens (tertiary/aromatic N) is 1. The van der Waals surface area contributed by atoms with E-state index in [0.717, 1.165) is 6.07 Å². The van der Waals surface area contributed by atoms with Crippen molar-refractivity contribution in [2.24, 2.45) is 0 Å². The van der Waals surface area contributed by atoms with Crippen molar-refractivity contribution in [1.29, 1.82) is 0 Å². The van der Waals surface area contributed by atoms with E-state index in [1.165, 1.54) is 7.11 Å². The number of aromatic nitrogens is 1. The lowest BCUT2D eigenvalue weighted by Gasteiger charge is -2.07. The summed E-state index contributed by atoms with van der Waals surface area (Å²) in [5.74, 6) is -1.36. The van der Waals surface area contributed by atoms with Crippen LogP contribution in [0, 0.1) is 9.52 Å². The quantitative estimate of drug-likeness (QED) is 0.619. The van der Waals surface area contributed by atoms with E-state index in [1.54, 1.807) is 22.6 Å². The molecule has 13 heavy (non-hydrogen) atoms. The molecule has 0 atom stereocenters. The highest BCUT2D eigenvalue weighted by Crippen LogP contribution is 2.30. The number of hydrogen-bond donors (Lipinski definition) is 0. The smallest absolute Gasteiger partial charge is 0.271 e. The van der Waals surface area contributed by atoms with E-state index in [0.29, 0.717) is 0 Å². The lowest BCUT2D eigenvalue weighted by Crippen LogP contribution is -2.00. The van der Waals surface area contributed by atoms with E-state index in [2.05, 4.69) is 9.72 Å². The normalized spacial score (nSPS) is 10.6. The van der Waals surface area contributed by atoms with Gasteiger partial charge in [-0.25, -0.2) is 18.2 Å². The van der Waals surface area contributed by atoms with E-state index in [1.807, 2.05) is 0 Å². The Morgan fingerprint density at radius 2 is 2.15 bits per heavy atom. The first-order valence-electron chi connectivity index (χ1n) is 3.24. The minimum Gasteiger partial charge on any atom is -0.481 e. The molecule has 0 spiro atoms. The third kappa shape index (κ3) is 2.23. The number of ether oxygens (including phenoxy) is 1. The molecule has 1 aromatic rings. The van der Waals surface area contributed by atoms with Crippen LogP contribution in [0.5, 0.6) is 5.88 Å². The summed E-state index contributed by atoms with van der Waals surface area (Å²) in [6.45, 7) is 0. The Morgan fingerprint density at radius 1 is 1.54 bits per heavy atom. The van der Waals surface area contributed by atoms with Gasteiger partial charge in [0.1, 0.15) is 15.1 Å². The molecule has 0 aliphatic heterocycles. The number of methoxy groups -OCH3 is 1. The van der Waals surface area contributed by atoms with Crippen molar-refractivity contribution in [2.45, 2.75) is 6.43 Å². The second-order valence-electron chi connectivity index (χ2n) is 2.15. The van der Waals surface area contributed by atoms with Gasteiger partial charge < -0.3 is 4.74 Å². The Morgan fingerprint density at radius 3 is 2.62 bits per heavy atom. The Hall–Kier alpha value is -0.530. The molecule has 1 heterocycles. The second-order valence-corrected chi connectivity index (χ2v) is 3.26. The molecule has 0 bridgehead atoms. The van der Waals surface area contributed by atoms with Gasteiger partial charge in [-0.1, -0.05) is 0 Å². The van der Waals surface area contributed by atoms with Crippen LogP contribution in [0.15, 0.2) is 6.07 Å². The van der Waals surface area contributed by atoms with Crippen molar-refractivity contribution >= 4 is 22.6 Å². The van der Waals surface area contributed by atoms with Crippen LogP contribution >= 0.6 is 22.6 Å². The maximum atomic E-state index is 12.9. The monoisotopic (exact) mass is 303 g/mol. The van der Waals surface area contributed by atoms with Crippen molar-refractivity contribution in [3.63, 3.8) is 0 Å². The van der Waals surface area contributed by atoms with Gasteiger partial charge in [-0.3, -0.25) is 0 Å². The van der Waals surface area contributed by atoms with E-state index >= 15 is 0 Å². The Labute approximate surface area is 86.3 Å². The minimum atomic E-state index is -2.92. The molecule has 0 unspecified atom stereocenters. The second kappa shape index (κ2) is 4.12. The van der Waals surface area contributed by atoms with Gasteiger partial charge in [0.05, 0.1) is 7.11 Å². The third-order valence-electron chi connectivity index (χ3n) is 1.35. The molecule has 0 aromatic carbocycles.